The highest BCUT2D eigenvalue weighted by molar-refractivity contribution is 5.93. The van der Waals surface area contributed by atoms with Crippen LogP contribution in [0.3, 0.4) is 0 Å². The van der Waals surface area contributed by atoms with Crippen molar-refractivity contribution in [2.75, 3.05) is 7.05 Å². The molecule has 0 saturated carbocycles. The molecule has 1 heterocycles. The van der Waals surface area contributed by atoms with Crippen LogP contribution in [0.15, 0.2) is 0 Å². The van der Waals surface area contributed by atoms with Gasteiger partial charge in [-0.15, -0.1) is 0 Å². The highest BCUT2D eigenvalue weighted by atomic mass is 19.4. The standard InChI is InChI=1S/C5H5F3N4O/c1-9-4(13)2-3(5(6,7)8)11-12-10-2/h1H3,(H,9,13)(H,10,11,12). The molecule has 1 aromatic heterocycles. The first kappa shape index (κ1) is 9.49. The highest BCUT2D eigenvalue weighted by Crippen LogP contribution is 2.28. The Bertz CT molecular complexity index is 318. The molecule has 1 rings (SSSR count). The lowest BCUT2D eigenvalue weighted by Gasteiger charge is -2.02. The molecule has 0 unspecified atom stereocenters. The minimum atomic E-state index is -4.67. The number of alkyl halides is 3. The zero-order valence-electron chi connectivity index (χ0n) is 6.44. The van der Waals surface area contributed by atoms with E-state index in [1.807, 2.05) is 5.32 Å². The van der Waals surface area contributed by atoms with Gasteiger partial charge in [-0.25, -0.2) is 0 Å². The summed E-state index contributed by atoms with van der Waals surface area (Å²) < 4.78 is 36.2. The first-order chi connectivity index (χ1) is 5.96. The zero-order valence-corrected chi connectivity index (χ0v) is 6.44. The molecule has 0 atom stereocenters. The normalized spacial score (nSPS) is 11.4. The first-order valence-electron chi connectivity index (χ1n) is 3.17. The van der Waals surface area contributed by atoms with E-state index in [1.54, 1.807) is 5.21 Å². The molecule has 0 aliphatic heterocycles. The third-order valence-electron chi connectivity index (χ3n) is 1.26. The van der Waals surface area contributed by atoms with Gasteiger partial charge in [0.1, 0.15) is 0 Å². The molecule has 0 aromatic carbocycles. The second-order valence-corrected chi connectivity index (χ2v) is 2.10. The minimum Gasteiger partial charge on any atom is -0.354 e. The van der Waals surface area contributed by atoms with Gasteiger partial charge in [0.15, 0.2) is 11.4 Å². The number of H-pyrrole nitrogens is 1. The largest absolute Gasteiger partial charge is 0.437 e. The van der Waals surface area contributed by atoms with Gasteiger partial charge >= 0.3 is 6.18 Å². The molecule has 8 heteroatoms. The Morgan fingerprint density at radius 2 is 2.08 bits per heavy atom. The lowest BCUT2D eigenvalue weighted by molar-refractivity contribution is -0.141. The van der Waals surface area contributed by atoms with Crippen LogP contribution in [0.2, 0.25) is 0 Å². The molecule has 0 aliphatic carbocycles. The van der Waals surface area contributed by atoms with Gasteiger partial charge in [0.25, 0.3) is 5.91 Å². The zero-order chi connectivity index (χ0) is 10.1. The van der Waals surface area contributed by atoms with Crippen LogP contribution in [-0.2, 0) is 6.18 Å². The van der Waals surface area contributed by atoms with Crippen LogP contribution >= 0.6 is 0 Å². The SMILES string of the molecule is CNC(=O)c1n[nH]nc1C(F)(F)F. The summed E-state index contributed by atoms with van der Waals surface area (Å²) in [5.41, 5.74) is -2.07. The van der Waals surface area contributed by atoms with Crippen LogP contribution in [0.4, 0.5) is 13.2 Å². The fourth-order valence-electron chi connectivity index (χ4n) is 0.705. The van der Waals surface area contributed by atoms with Crippen molar-refractivity contribution < 1.29 is 18.0 Å². The van der Waals surface area contributed by atoms with E-state index < -0.39 is 23.5 Å². The van der Waals surface area contributed by atoms with Crippen molar-refractivity contribution in [3.05, 3.63) is 11.4 Å². The van der Waals surface area contributed by atoms with Crippen LogP contribution in [0, 0.1) is 0 Å². The van der Waals surface area contributed by atoms with Gasteiger partial charge < -0.3 is 5.32 Å². The Morgan fingerprint density at radius 3 is 2.54 bits per heavy atom. The predicted octanol–water partition coefficient (Wildman–Crippen LogP) is 0.183. The summed E-state index contributed by atoms with van der Waals surface area (Å²) in [6.07, 6.45) is -4.67. The third-order valence-corrected chi connectivity index (χ3v) is 1.26. The first-order valence-corrected chi connectivity index (χ1v) is 3.17. The van der Waals surface area contributed by atoms with Gasteiger partial charge in [0.2, 0.25) is 0 Å². The molecule has 5 nitrogen and oxygen atoms in total. The van der Waals surface area contributed by atoms with Crippen LogP contribution in [0.1, 0.15) is 16.2 Å². The number of amides is 1. The molecule has 1 aromatic rings. The van der Waals surface area contributed by atoms with Crippen molar-refractivity contribution in [1.29, 1.82) is 0 Å². The Kier molecular flexibility index (Phi) is 2.22. The van der Waals surface area contributed by atoms with Crippen molar-refractivity contribution in [3.63, 3.8) is 0 Å². The molecule has 72 valence electrons. The van der Waals surface area contributed by atoms with Gasteiger partial charge in [-0.1, -0.05) is 0 Å². The van der Waals surface area contributed by atoms with Crippen molar-refractivity contribution in [2.24, 2.45) is 0 Å². The quantitative estimate of drug-likeness (QED) is 0.670. The van der Waals surface area contributed by atoms with E-state index in [-0.39, 0.29) is 0 Å². The Labute approximate surface area is 70.3 Å². The average Bonchev–Trinajstić information content (AvgIpc) is 2.49. The van der Waals surface area contributed by atoms with E-state index in [2.05, 4.69) is 10.2 Å². The number of rotatable bonds is 1. The number of nitrogens with zero attached hydrogens (tertiary/aromatic N) is 2. The van der Waals surface area contributed by atoms with E-state index in [1.165, 1.54) is 7.05 Å². The van der Waals surface area contributed by atoms with E-state index >= 15 is 0 Å². The molecule has 0 bridgehead atoms. The monoisotopic (exact) mass is 194 g/mol. The Hall–Kier alpha value is -1.60. The van der Waals surface area contributed by atoms with Gasteiger partial charge in [-0.2, -0.15) is 28.6 Å². The summed E-state index contributed by atoms with van der Waals surface area (Å²) in [5, 5.41) is 9.68. The summed E-state index contributed by atoms with van der Waals surface area (Å²) in [7, 11) is 1.21. The van der Waals surface area contributed by atoms with Crippen molar-refractivity contribution in [1.82, 2.24) is 20.7 Å². The van der Waals surface area contributed by atoms with Crippen LogP contribution < -0.4 is 5.32 Å². The van der Waals surface area contributed by atoms with Crippen LogP contribution in [0.25, 0.3) is 0 Å². The predicted molar refractivity (Wildman–Crippen MR) is 34.8 cm³/mol. The Morgan fingerprint density at radius 1 is 1.46 bits per heavy atom. The number of aromatic nitrogens is 3. The van der Waals surface area contributed by atoms with Crippen molar-refractivity contribution in [3.8, 4) is 0 Å². The van der Waals surface area contributed by atoms with Crippen molar-refractivity contribution in [2.45, 2.75) is 6.18 Å². The maximum atomic E-state index is 12.1. The number of carbonyl (C=O) groups is 1. The number of carbonyl (C=O) groups excluding carboxylic acids is 1. The van der Waals surface area contributed by atoms with Crippen molar-refractivity contribution >= 4 is 5.91 Å². The second kappa shape index (κ2) is 3.04. The topological polar surface area (TPSA) is 70.7 Å². The molecule has 1 amide bonds. The fraction of sp³-hybridized carbons (Fsp3) is 0.400. The third kappa shape index (κ3) is 1.76. The molecule has 0 radical (unpaired) electrons. The maximum Gasteiger partial charge on any atom is 0.437 e. The highest BCUT2D eigenvalue weighted by Gasteiger charge is 2.39. The molecule has 0 saturated heterocycles. The second-order valence-electron chi connectivity index (χ2n) is 2.10. The summed E-state index contributed by atoms with van der Waals surface area (Å²) in [6, 6.07) is 0. The summed E-state index contributed by atoms with van der Waals surface area (Å²) in [5.74, 6) is -0.930. The molecule has 13 heavy (non-hydrogen) atoms. The van der Waals surface area contributed by atoms with E-state index in [0.29, 0.717) is 0 Å². The summed E-state index contributed by atoms with van der Waals surface area (Å²) in [6.45, 7) is 0. The number of halogens is 3. The lowest BCUT2D eigenvalue weighted by Crippen LogP contribution is -2.22. The summed E-state index contributed by atoms with van der Waals surface area (Å²) >= 11 is 0. The average molecular weight is 194 g/mol. The van der Waals surface area contributed by atoms with Gasteiger partial charge in [-0.3, -0.25) is 4.79 Å². The lowest BCUT2D eigenvalue weighted by atomic mass is 10.3. The van der Waals surface area contributed by atoms with Gasteiger partial charge in [-0.05, 0) is 0 Å². The minimum absolute atomic E-state index is 0.755. The molecule has 0 aliphatic rings. The Balaban J connectivity index is 3.10. The molecule has 0 spiro atoms. The molecular formula is C5H5F3N4O. The van der Waals surface area contributed by atoms with E-state index in [9.17, 15) is 18.0 Å². The van der Waals surface area contributed by atoms with Gasteiger partial charge in [0.05, 0.1) is 0 Å². The van der Waals surface area contributed by atoms with E-state index in [0.717, 1.165) is 0 Å². The fourth-order valence-corrected chi connectivity index (χ4v) is 0.705. The molecular weight excluding hydrogens is 189 g/mol. The summed E-state index contributed by atoms with van der Waals surface area (Å²) in [4.78, 5) is 10.8. The van der Waals surface area contributed by atoms with Gasteiger partial charge in [0, 0.05) is 7.05 Å². The maximum absolute atomic E-state index is 12.1. The number of aromatic amines is 1. The number of nitrogens with one attached hydrogen (secondary N) is 2. The van der Waals surface area contributed by atoms with Crippen LogP contribution in [0.5, 0.6) is 0 Å². The number of hydrogen-bond donors (Lipinski definition) is 2. The smallest absolute Gasteiger partial charge is 0.354 e. The van der Waals surface area contributed by atoms with E-state index in [4.69, 9.17) is 0 Å². The molecule has 2 N–H and O–H groups in total. The van der Waals surface area contributed by atoms with Crippen LogP contribution in [-0.4, -0.2) is 28.4 Å². The number of hydrogen-bond acceptors (Lipinski definition) is 3. The molecule has 0 fully saturated rings.